The maximum absolute atomic E-state index is 2.61. The molecule has 0 heteroatoms. The summed E-state index contributed by atoms with van der Waals surface area (Å²) >= 11 is 0. The first-order valence-electron chi connectivity index (χ1n) is 12.7. The first-order valence-corrected chi connectivity index (χ1v) is 12.7. The fourth-order valence-corrected chi connectivity index (χ4v) is 6.96. The van der Waals surface area contributed by atoms with Crippen LogP contribution in [-0.4, -0.2) is 0 Å². The van der Waals surface area contributed by atoms with E-state index >= 15 is 0 Å². The number of fused-ring (bicyclic) bond motifs is 7. The summed E-state index contributed by atoms with van der Waals surface area (Å²) in [5, 5.41) is 5.67. The van der Waals surface area contributed by atoms with Crippen molar-refractivity contribution in [1.29, 1.82) is 0 Å². The van der Waals surface area contributed by atoms with E-state index in [2.05, 4.69) is 103 Å². The zero-order chi connectivity index (χ0) is 22.2. The van der Waals surface area contributed by atoms with Gasteiger partial charge in [-0.15, -0.1) is 0 Å². The highest BCUT2D eigenvalue weighted by atomic mass is 14.4. The Balaban J connectivity index is 1.34. The van der Waals surface area contributed by atoms with Crippen molar-refractivity contribution in [2.45, 2.75) is 19.3 Å². The van der Waals surface area contributed by atoms with Crippen molar-refractivity contribution in [3.05, 3.63) is 131 Å². The van der Waals surface area contributed by atoms with Gasteiger partial charge in [0.05, 0.1) is 0 Å². The maximum atomic E-state index is 2.61. The lowest BCUT2D eigenvalue weighted by Gasteiger charge is -2.34. The molecule has 0 saturated carbocycles. The van der Waals surface area contributed by atoms with E-state index in [1.807, 2.05) is 0 Å². The summed E-state index contributed by atoms with van der Waals surface area (Å²) in [4.78, 5) is 0. The molecule has 0 bridgehead atoms. The Morgan fingerprint density at radius 2 is 1.71 bits per heavy atom. The van der Waals surface area contributed by atoms with Gasteiger partial charge in [-0.1, -0.05) is 103 Å². The van der Waals surface area contributed by atoms with Gasteiger partial charge in [0.1, 0.15) is 0 Å². The largest absolute Gasteiger partial charge is 0.0804 e. The van der Waals surface area contributed by atoms with Crippen molar-refractivity contribution in [1.82, 2.24) is 0 Å². The van der Waals surface area contributed by atoms with Gasteiger partial charge < -0.3 is 0 Å². The Kier molecular flexibility index (Phi) is 3.82. The second-order valence-electron chi connectivity index (χ2n) is 10.5. The lowest BCUT2D eigenvalue weighted by molar-refractivity contribution is 0.437. The number of hydrogen-bond acceptors (Lipinski definition) is 0. The van der Waals surface area contributed by atoms with Crippen LogP contribution in [0, 0.1) is 17.8 Å². The normalized spacial score (nSPS) is 25.6. The SMILES string of the molecule is C1=CCC(Cc2cccc3c2cc2c4c(cccc43)C3=CC4CC5C=CC=CC5=CC4C=C32)=C1. The van der Waals surface area contributed by atoms with E-state index in [1.54, 1.807) is 0 Å². The molecule has 0 aromatic heterocycles. The van der Waals surface area contributed by atoms with Crippen molar-refractivity contribution < 1.29 is 0 Å². The summed E-state index contributed by atoms with van der Waals surface area (Å²) in [6, 6.07) is 16.4. The molecule has 0 spiro atoms. The quantitative estimate of drug-likeness (QED) is 0.355. The summed E-state index contributed by atoms with van der Waals surface area (Å²) in [7, 11) is 0. The van der Waals surface area contributed by atoms with Gasteiger partial charge >= 0.3 is 0 Å². The molecule has 162 valence electrons. The van der Waals surface area contributed by atoms with Crippen molar-refractivity contribution >= 4 is 32.7 Å². The van der Waals surface area contributed by atoms with E-state index < -0.39 is 0 Å². The predicted molar refractivity (Wildman–Crippen MR) is 144 cm³/mol. The van der Waals surface area contributed by atoms with Gasteiger partial charge in [0, 0.05) is 11.8 Å². The fourth-order valence-electron chi connectivity index (χ4n) is 6.96. The average Bonchev–Trinajstić information content (AvgIpc) is 3.49. The van der Waals surface area contributed by atoms with Crippen LogP contribution in [0.15, 0.2) is 114 Å². The van der Waals surface area contributed by atoms with Crippen LogP contribution in [0.2, 0.25) is 0 Å². The molecule has 0 amide bonds. The number of rotatable bonds is 2. The molecular weight excluding hydrogens is 408 g/mol. The molecule has 34 heavy (non-hydrogen) atoms. The van der Waals surface area contributed by atoms with Crippen LogP contribution in [0.5, 0.6) is 0 Å². The zero-order valence-electron chi connectivity index (χ0n) is 19.2. The molecule has 3 aromatic rings. The molecular formula is C34H26. The van der Waals surface area contributed by atoms with Crippen molar-refractivity contribution in [3.63, 3.8) is 0 Å². The molecule has 3 aromatic carbocycles. The summed E-state index contributed by atoms with van der Waals surface area (Å²) in [5.74, 6) is 1.65. The molecule has 8 rings (SSSR count). The molecule has 3 atom stereocenters. The number of allylic oxidation sites excluding steroid dienone is 14. The van der Waals surface area contributed by atoms with Crippen LogP contribution in [0.3, 0.4) is 0 Å². The smallest absolute Gasteiger partial charge is 0.00255 e. The molecule has 0 aliphatic heterocycles. The fraction of sp³-hybridized carbons (Fsp3) is 0.176. The molecule has 0 N–H and O–H groups in total. The lowest BCUT2D eigenvalue weighted by atomic mass is 9.70. The first-order chi connectivity index (χ1) is 16.8. The lowest BCUT2D eigenvalue weighted by Crippen LogP contribution is -2.23. The van der Waals surface area contributed by atoms with Gasteiger partial charge in [0.15, 0.2) is 0 Å². The Hall–Kier alpha value is -3.64. The highest BCUT2D eigenvalue weighted by molar-refractivity contribution is 6.27. The van der Waals surface area contributed by atoms with Crippen molar-refractivity contribution in [2.24, 2.45) is 17.8 Å². The highest BCUT2D eigenvalue weighted by Crippen LogP contribution is 2.53. The zero-order valence-corrected chi connectivity index (χ0v) is 19.2. The summed E-state index contributed by atoms with van der Waals surface area (Å²) < 4.78 is 0. The van der Waals surface area contributed by atoms with Crippen LogP contribution in [0.25, 0.3) is 32.7 Å². The summed E-state index contributed by atoms with van der Waals surface area (Å²) in [6.45, 7) is 0. The van der Waals surface area contributed by atoms with Crippen LogP contribution in [-0.2, 0) is 6.42 Å². The molecule has 0 saturated heterocycles. The molecule has 0 radical (unpaired) electrons. The Morgan fingerprint density at radius 1 is 0.794 bits per heavy atom. The second kappa shape index (κ2) is 6.93. The maximum Gasteiger partial charge on any atom is 0.00255 e. The van der Waals surface area contributed by atoms with Crippen molar-refractivity contribution in [2.75, 3.05) is 0 Å². The topological polar surface area (TPSA) is 0 Å². The van der Waals surface area contributed by atoms with Crippen molar-refractivity contribution in [3.8, 4) is 0 Å². The van der Waals surface area contributed by atoms with Crippen LogP contribution in [0.4, 0.5) is 0 Å². The van der Waals surface area contributed by atoms with Gasteiger partial charge in [-0.3, -0.25) is 0 Å². The Bertz CT molecular complexity index is 1630. The van der Waals surface area contributed by atoms with Gasteiger partial charge in [-0.25, -0.2) is 0 Å². The van der Waals surface area contributed by atoms with E-state index in [-0.39, 0.29) is 0 Å². The Labute approximate surface area is 200 Å². The minimum atomic E-state index is 0.492. The van der Waals surface area contributed by atoms with Crippen LogP contribution >= 0.6 is 0 Å². The Morgan fingerprint density at radius 3 is 2.65 bits per heavy atom. The molecule has 0 fully saturated rings. The average molecular weight is 435 g/mol. The van der Waals surface area contributed by atoms with E-state index in [0.29, 0.717) is 17.8 Å². The van der Waals surface area contributed by atoms with Gasteiger partial charge in [0.2, 0.25) is 0 Å². The third-order valence-corrected chi connectivity index (χ3v) is 8.56. The first kappa shape index (κ1) is 18.7. The predicted octanol–water partition coefficient (Wildman–Crippen LogP) is 8.52. The van der Waals surface area contributed by atoms with Crippen LogP contribution < -0.4 is 0 Å². The second-order valence-corrected chi connectivity index (χ2v) is 10.5. The van der Waals surface area contributed by atoms with E-state index in [9.17, 15) is 0 Å². The monoisotopic (exact) mass is 434 g/mol. The number of hydrogen-bond donors (Lipinski definition) is 0. The standard InChI is InChI=1S/C34H26/c1-2-8-21(7-1)15-24-11-5-12-27-28-13-6-14-29-31-18-25-16-22-9-3-4-10-23(22)17-26(25)19-32(31)33(34(28)29)20-30(24)27/h1-7,9-14,17-20,22,25-26H,8,15-16H2. The highest BCUT2D eigenvalue weighted by Gasteiger charge is 2.35. The minimum Gasteiger partial charge on any atom is -0.0804 e. The molecule has 0 nitrogen and oxygen atoms in total. The van der Waals surface area contributed by atoms with E-state index in [1.165, 1.54) is 66.9 Å². The van der Waals surface area contributed by atoms with Gasteiger partial charge in [-0.2, -0.15) is 0 Å². The minimum absolute atomic E-state index is 0.492. The molecule has 3 unspecified atom stereocenters. The molecule has 0 heterocycles. The summed E-state index contributed by atoms with van der Waals surface area (Å²) in [6.07, 6.45) is 26.9. The van der Waals surface area contributed by atoms with E-state index in [4.69, 9.17) is 0 Å². The van der Waals surface area contributed by atoms with Gasteiger partial charge in [-0.05, 0) is 86.2 Å². The third kappa shape index (κ3) is 2.60. The summed E-state index contributed by atoms with van der Waals surface area (Å²) in [5.41, 5.74) is 10.2. The van der Waals surface area contributed by atoms with Crippen LogP contribution in [0.1, 0.15) is 29.5 Å². The van der Waals surface area contributed by atoms with E-state index in [0.717, 1.165) is 12.8 Å². The molecule has 5 aliphatic rings. The molecule has 5 aliphatic carbocycles. The van der Waals surface area contributed by atoms with Gasteiger partial charge in [0.25, 0.3) is 0 Å². The number of benzene rings is 3. The third-order valence-electron chi connectivity index (χ3n) is 8.56.